The number of thiol groups is 2. The van der Waals surface area contributed by atoms with Gasteiger partial charge in [0.05, 0.1) is 0 Å². The molecule has 0 bridgehead atoms. The van der Waals surface area contributed by atoms with Gasteiger partial charge >= 0.3 is 106 Å². The van der Waals surface area contributed by atoms with Crippen molar-refractivity contribution in [2.45, 2.75) is 34.0 Å². The van der Waals surface area contributed by atoms with Crippen LogP contribution in [0.4, 0.5) is 0 Å². The molecule has 0 spiro atoms. The Morgan fingerprint density at radius 3 is 1.53 bits per heavy atom. The Morgan fingerprint density at radius 1 is 1.07 bits per heavy atom. The number of carboxylic acids is 2. The third-order valence-electron chi connectivity index (χ3n) is 1.69. The van der Waals surface area contributed by atoms with E-state index in [2.05, 4.69) is 25.3 Å². The zero-order valence-corrected chi connectivity index (χ0v) is 11.9. The Morgan fingerprint density at radius 2 is 1.33 bits per heavy atom. The molecule has 0 saturated heterocycles. The summed E-state index contributed by atoms with van der Waals surface area (Å²) in [5, 5.41) is 18.3. The van der Waals surface area contributed by atoms with E-state index in [0.29, 0.717) is 10.6 Å². The topological polar surface area (TPSA) is 74.6 Å². The molecule has 7 heteroatoms. The van der Waals surface area contributed by atoms with Crippen LogP contribution in [0.3, 0.4) is 0 Å². The van der Waals surface area contributed by atoms with Crippen LogP contribution in [0.2, 0.25) is 10.6 Å². The Labute approximate surface area is 106 Å². The molecule has 2 atom stereocenters. The van der Waals surface area contributed by atoms with Gasteiger partial charge < -0.3 is 0 Å². The third-order valence-corrected chi connectivity index (χ3v) is 6.63. The van der Waals surface area contributed by atoms with Crippen LogP contribution < -0.4 is 0 Å². The molecule has 0 amide bonds. The van der Waals surface area contributed by atoms with E-state index in [0.717, 1.165) is 0 Å². The van der Waals surface area contributed by atoms with Crippen molar-refractivity contribution in [1.82, 2.24) is 0 Å². The van der Waals surface area contributed by atoms with Crippen molar-refractivity contribution in [3.8, 4) is 0 Å². The first-order valence-corrected chi connectivity index (χ1v) is 7.40. The molecule has 0 aromatic heterocycles. The normalized spacial score (nSPS) is 18.9. The van der Waals surface area contributed by atoms with E-state index < -0.39 is 21.4 Å². The fraction of sp³-hybridized carbons (Fsp3) is 0.750. The van der Waals surface area contributed by atoms with Gasteiger partial charge in [-0.05, 0) is 0 Å². The van der Waals surface area contributed by atoms with Crippen LogP contribution in [0, 0.1) is 0 Å². The van der Waals surface area contributed by atoms with Crippen LogP contribution in [-0.4, -0.2) is 46.6 Å². The molecule has 0 fully saturated rings. The van der Waals surface area contributed by atoms with Crippen molar-refractivity contribution in [3.05, 3.63) is 0 Å². The van der Waals surface area contributed by atoms with Gasteiger partial charge in [-0.15, -0.1) is 0 Å². The van der Waals surface area contributed by atoms with Crippen molar-refractivity contribution < 1.29 is 19.8 Å². The Balaban J connectivity index is 4.11. The molecule has 0 aliphatic rings. The summed E-state index contributed by atoms with van der Waals surface area (Å²) in [7, 11) is 0. The quantitative estimate of drug-likeness (QED) is 0.437. The number of carbonyl (C=O) groups is 2. The molecule has 15 heavy (non-hydrogen) atoms. The Hall–Kier alpha value is 0.159. The van der Waals surface area contributed by atoms with Crippen LogP contribution >= 0.6 is 25.3 Å². The summed E-state index contributed by atoms with van der Waals surface area (Å²) in [4.78, 5) is 21.4. The average molecular weight is 317 g/mol. The van der Waals surface area contributed by atoms with Crippen LogP contribution in [0.1, 0.15) is 13.8 Å². The maximum atomic E-state index is 10.7. The van der Waals surface area contributed by atoms with E-state index in [1.165, 1.54) is 13.8 Å². The second kappa shape index (κ2) is 5.48. The standard InChI is InChI=1S/C8H14O4S2Se/c1-7(13,5(9)10)3-15-4-8(2,14)6(11)12/h13-14H,3-4H2,1-2H3,(H,9,10)(H,11,12). The molecule has 0 rings (SSSR count). The van der Waals surface area contributed by atoms with Gasteiger partial charge in [0.15, 0.2) is 0 Å². The second-order valence-electron chi connectivity index (χ2n) is 3.65. The van der Waals surface area contributed by atoms with Crippen LogP contribution in [0.15, 0.2) is 0 Å². The summed E-state index contributed by atoms with van der Waals surface area (Å²) in [5.74, 6) is -1.96. The summed E-state index contributed by atoms with van der Waals surface area (Å²) in [5.41, 5.74) is 0. The monoisotopic (exact) mass is 318 g/mol. The van der Waals surface area contributed by atoms with Gasteiger partial charge in [0.2, 0.25) is 0 Å². The van der Waals surface area contributed by atoms with E-state index >= 15 is 0 Å². The van der Waals surface area contributed by atoms with E-state index in [9.17, 15) is 9.59 Å². The Bertz CT molecular complexity index is 239. The first-order valence-electron chi connectivity index (χ1n) is 4.09. The maximum absolute atomic E-state index is 10.7. The van der Waals surface area contributed by atoms with Crippen LogP contribution in [0.25, 0.3) is 0 Å². The zero-order chi connectivity index (χ0) is 12.3. The minimum absolute atomic E-state index is 0.107. The van der Waals surface area contributed by atoms with Gasteiger partial charge in [-0.25, -0.2) is 0 Å². The molecule has 4 nitrogen and oxygen atoms in total. The van der Waals surface area contributed by atoms with Crippen LogP contribution in [0.5, 0.6) is 0 Å². The fourth-order valence-electron chi connectivity index (χ4n) is 0.572. The van der Waals surface area contributed by atoms with Gasteiger partial charge in [0, 0.05) is 0 Å². The molecule has 0 aromatic rings. The molecule has 0 aliphatic heterocycles. The van der Waals surface area contributed by atoms with E-state index in [1.807, 2.05) is 0 Å². The molecule has 2 N–H and O–H groups in total. The number of carboxylic acid groups (broad SMARTS) is 2. The summed E-state index contributed by atoms with van der Waals surface area (Å²) in [6.45, 7) is 3.02. The predicted octanol–water partition coefficient (Wildman–Crippen LogP) is 1.07. The van der Waals surface area contributed by atoms with Crippen molar-refractivity contribution in [2.75, 3.05) is 0 Å². The third kappa shape index (κ3) is 5.15. The van der Waals surface area contributed by atoms with E-state index in [1.54, 1.807) is 0 Å². The summed E-state index contributed by atoms with van der Waals surface area (Å²) < 4.78 is -2.16. The first kappa shape index (κ1) is 15.2. The number of aliphatic carboxylic acids is 2. The summed E-state index contributed by atoms with van der Waals surface area (Å²) in [6.07, 6.45) is 0. The van der Waals surface area contributed by atoms with Gasteiger partial charge in [0.25, 0.3) is 0 Å². The summed E-state index contributed by atoms with van der Waals surface area (Å²) >= 11 is 7.91. The zero-order valence-electron chi connectivity index (χ0n) is 8.43. The number of hydrogen-bond acceptors (Lipinski definition) is 4. The molecule has 0 saturated carbocycles. The molecule has 0 aliphatic carbocycles. The second-order valence-corrected chi connectivity index (χ2v) is 7.69. The average Bonchev–Trinajstić information content (AvgIpc) is 2.02. The number of rotatable bonds is 6. The SMILES string of the molecule is CC(S)(C[Se]CC(C)(S)C(=O)O)C(=O)O. The number of hydrogen-bond donors (Lipinski definition) is 4. The van der Waals surface area contributed by atoms with Gasteiger partial charge in [-0.2, -0.15) is 0 Å². The van der Waals surface area contributed by atoms with Crippen LogP contribution in [-0.2, 0) is 9.59 Å². The Kier molecular flexibility index (Phi) is 5.53. The van der Waals surface area contributed by atoms with E-state index in [-0.39, 0.29) is 15.0 Å². The minimum atomic E-state index is -1.08. The van der Waals surface area contributed by atoms with Gasteiger partial charge in [0.1, 0.15) is 0 Å². The molecule has 0 radical (unpaired) electrons. The molecule has 88 valence electrons. The van der Waals surface area contributed by atoms with Crippen molar-refractivity contribution in [2.24, 2.45) is 0 Å². The van der Waals surface area contributed by atoms with Gasteiger partial charge in [-0.1, -0.05) is 0 Å². The van der Waals surface area contributed by atoms with Crippen molar-refractivity contribution in [1.29, 1.82) is 0 Å². The predicted molar refractivity (Wildman–Crippen MR) is 65.4 cm³/mol. The molecule has 2 unspecified atom stereocenters. The van der Waals surface area contributed by atoms with E-state index in [4.69, 9.17) is 10.2 Å². The fourth-order valence-corrected chi connectivity index (χ4v) is 3.92. The van der Waals surface area contributed by atoms with Crippen molar-refractivity contribution in [3.63, 3.8) is 0 Å². The first-order chi connectivity index (χ1) is 6.59. The molecule has 0 heterocycles. The summed E-state index contributed by atoms with van der Waals surface area (Å²) in [6, 6.07) is 0. The molecular weight excluding hydrogens is 303 g/mol. The van der Waals surface area contributed by atoms with Gasteiger partial charge in [-0.3, -0.25) is 0 Å². The molecule has 0 aromatic carbocycles. The molecular formula is C8H14O4S2Se. The van der Waals surface area contributed by atoms with Crippen molar-refractivity contribution >= 4 is 52.2 Å².